The third-order valence-corrected chi connectivity index (χ3v) is 6.41. The van der Waals surface area contributed by atoms with Crippen molar-refractivity contribution in [3.8, 4) is 22.6 Å². The second kappa shape index (κ2) is 7.57. The summed E-state index contributed by atoms with van der Waals surface area (Å²) < 4.78 is 2.01. The van der Waals surface area contributed by atoms with Crippen LogP contribution in [0, 0.1) is 0 Å². The number of hydrogen-bond acceptors (Lipinski definition) is 4. The Morgan fingerprint density at radius 3 is 1.86 bits per heavy atom. The molecular formula is C30H18N4O. The van der Waals surface area contributed by atoms with Crippen molar-refractivity contribution in [3.63, 3.8) is 0 Å². The first-order valence-corrected chi connectivity index (χ1v) is 11.4. The summed E-state index contributed by atoms with van der Waals surface area (Å²) in [6.07, 6.45) is 0. The van der Waals surface area contributed by atoms with Gasteiger partial charge in [-0.2, -0.15) is 4.98 Å². The van der Waals surface area contributed by atoms with Crippen LogP contribution >= 0.6 is 0 Å². The molecule has 164 valence electrons. The monoisotopic (exact) mass is 450 g/mol. The average Bonchev–Trinajstić information content (AvgIpc) is 2.93. The summed E-state index contributed by atoms with van der Waals surface area (Å²) in [6, 6.07) is 35.7. The molecule has 0 fully saturated rings. The summed E-state index contributed by atoms with van der Waals surface area (Å²) in [7, 11) is 0. The first kappa shape index (κ1) is 19.6. The normalized spacial score (nSPS) is 11.5. The number of para-hydroxylation sites is 1. The summed E-state index contributed by atoms with van der Waals surface area (Å²) in [5, 5.41) is 3.33. The molecule has 0 unspecified atom stereocenters. The lowest BCUT2D eigenvalue weighted by Crippen LogP contribution is -2.12. The summed E-state index contributed by atoms with van der Waals surface area (Å²) in [5.41, 5.74) is 4.60. The Hall–Kier alpha value is -4.90. The van der Waals surface area contributed by atoms with Gasteiger partial charge in [0.15, 0.2) is 17.1 Å². The van der Waals surface area contributed by atoms with Gasteiger partial charge in [-0.3, -0.25) is 9.20 Å². The van der Waals surface area contributed by atoms with Crippen LogP contribution in [0.4, 0.5) is 0 Å². The molecule has 3 aromatic heterocycles. The highest BCUT2D eigenvalue weighted by Gasteiger charge is 2.20. The Morgan fingerprint density at radius 1 is 0.514 bits per heavy atom. The highest BCUT2D eigenvalue weighted by atomic mass is 16.1. The van der Waals surface area contributed by atoms with Crippen LogP contribution in [-0.2, 0) is 0 Å². The zero-order valence-electron chi connectivity index (χ0n) is 18.6. The quantitative estimate of drug-likeness (QED) is 0.291. The fourth-order valence-electron chi connectivity index (χ4n) is 4.84. The van der Waals surface area contributed by atoms with E-state index in [1.54, 1.807) is 0 Å². The first-order valence-electron chi connectivity index (χ1n) is 11.4. The molecule has 0 amide bonds. The molecule has 3 heterocycles. The first-order chi connectivity index (χ1) is 17.3. The molecule has 0 saturated carbocycles. The van der Waals surface area contributed by atoms with Gasteiger partial charge in [-0.15, -0.1) is 0 Å². The van der Waals surface area contributed by atoms with Crippen molar-refractivity contribution >= 4 is 38.4 Å². The minimum Gasteiger partial charge on any atom is -0.277 e. The molecule has 0 spiro atoms. The van der Waals surface area contributed by atoms with Gasteiger partial charge in [-0.1, -0.05) is 97.1 Å². The van der Waals surface area contributed by atoms with Crippen LogP contribution < -0.4 is 5.56 Å². The predicted molar refractivity (Wildman–Crippen MR) is 140 cm³/mol. The number of pyridine rings is 1. The Kier molecular flexibility index (Phi) is 4.23. The van der Waals surface area contributed by atoms with Crippen molar-refractivity contribution in [2.75, 3.05) is 0 Å². The fourth-order valence-corrected chi connectivity index (χ4v) is 4.84. The molecule has 35 heavy (non-hydrogen) atoms. The maximum Gasteiger partial charge on any atom is 0.281 e. The third kappa shape index (κ3) is 2.95. The van der Waals surface area contributed by atoms with Crippen molar-refractivity contribution in [2.24, 2.45) is 0 Å². The van der Waals surface area contributed by atoms with Crippen LogP contribution in [-0.4, -0.2) is 19.4 Å². The lowest BCUT2D eigenvalue weighted by Gasteiger charge is -2.16. The van der Waals surface area contributed by atoms with E-state index in [-0.39, 0.29) is 5.56 Å². The van der Waals surface area contributed by atoms with E-state index in [2.05, 4.69) is 23.2 Å². The molecule has 0 aliphatic heterocycles. The van der Waals surface area contributed by atoms with Crippen LogP contribution in [0.25, 0.3) is 61.0 Å². The maximum atomic E-state index is 13.0. The van der Waals surface area contributed by atoms with E-state index in [9.17, 15) is 4.79 Å². The second-order valence-electron chi connectivity index (χ2n) is 8.47. The Bertz CT molecular complexity index is 1960. The van der Waals surface area contributed by atoms with Gasteiger partial charge in [0.1, 0.15) is 0 Å². The Morgan fingerprint density at radius 2 is 1.11 bits per heavy atom. The number of fused-ring (bicyclic) bond motifs is 8. The fraction of sp³-hybridized carbons (Fsp3) is 0. The molecule has 0 bridgehead atoms. The van der Waals surface area contributed by atoms with Gasteiger partial charge in [0.2, 0.25) is 0 Å². The van der Waals surface area contributed by atoms with E-state index in [1.165, 1.54) is 0 Å². The van der Waals surface area contributed by atoms with Gasteiger partial charge in [-0.05, 0) is 17.5 Å². The predicted octanol–water partition coefficient (Wildman–Crippen LogP) is 6.28. The molecule has 5 nitrogen and oxygen atoms in total. The molecule has 0 saturated heterocycles. The standard InChI is InChI=1S/C30H18N4O/c35-30-23-17-9-10-18-24(23)34-28(33-30)22-16-8-7-15-21(22)25-26(19-11-3-1-4-12-19)31-27(32-29(25)34)20-13-5-2-6-14-20/h1-18H. The zero-order chi connectivity index (χ0) is 23.4. The van der Waals surface area contributed by atoms with E-state index >= 15 is 0 Å². The molecule has 0 N–H and O–H groups in total. The summed E-state index contributed by atoms with van der Waals surface area (Å²) >= 11 is 0. The van der Waals surface area contributed by atoms with E-state index in [0.717, 1.165) is 44.1 Å². The average molecular weight is 451 g/mol. The van der Waals surface area contributed by atoms with Gasteiger partial charge in [0, 0.05) is 16.5 Å². The molecule has 0 atom stereocenters. The van der Waals surface area contributed by atoms with Gasteiger partial charge in [-0.25, -0.2) is 9.97 Å². The van der Waals surface area contributed by atoms with Crippen LogP contribution in [0.15, 0.2) is 114 Å². The number of aromatic nitrogens is 4. The van der Waals surface area contributed by atoms with Crippen molar-refractivity contribution in [3.05, 3.63) is 120 Å². The van der Waals surface area contributed by atoms with E-state index < -0.39 is 0 Å². The Balaban J connectivity index is 1.81. The second-order valence-corrected chi connectivity index (χ2v) is 8.47. The third-order valence-electron chi connectivity index (χ3n) is 6.41. The van der Waals surface area contributed by atoms with Crippen LogP contribution in [0.1, 0.15) is 0 Å². The summed E-state index contributed by atoms with van der Waals surface area (Å²) in [6.45, 7) is 0. The van der Waals surface area contributed by atoms with Crippen molar-refractivity contribution in [1.82, 2.24) is 19.4 Å². The molecule has 0 aliphatic carbocycles. The van der Waals surface area contributed by atoms with Crippen molar-refractivity contribution in [1.29, 1.82) is 0 Å². The lowest BCUT2D eigenvalue weighted by atomic mass is 10.0. The van der Waals surface area contributed by atoms with Gasteiger partial charge >= 0.3 is 0 Å². The van der Waals surface area contributed by atoms with Crippen LogP contribution in [0.5, 0.6) is 0 Å². The smallest absolute Gasteiger partial charge is 0.277 e. The number of nitrogens with zero attached hydrogens (tertiary/aromatic N) is 4. The Labute approximate surface area is 200 Å². The maximum absolute atomic E-state index is 13.0. The van der Waals surface area contributed by atoms with Gasteiger partial charge < -0.3 is 0 Å². The van der Waals surface area contributed by atoms with Crippen molar-refractivity contribution in [2.45, 2.75) is 0 Å². The molecule has 0 radical (unpaired) electrons. The summed E-state index contributed by atoms with van der Waals surface area (Å²) in [5.74, 6) is 0.622. The molecular weight excluding hydrogens is 432 g/mol. The summed E-state index contributed by atoms with van der Waals surface area (Å²) in [4.78, 5) is 27.7. The van der Waals surface area contributed by atoms with E-state index in [1.807, 2.05) is 95.4 Å². The molecule has 0 aliphatic rings. The van der Waals surface area contributed by atoms with Gasteiger partial charge in [0.05, 0.1) is 22.0 Å². The lowest BCUT2D eigenvalue weighted by molar-refractivity contribution is 1.13. The SMILES string of the molecule is O=c1nc2c3ccccc3c3c(-c4ccccc4)nc(-c4ccccc4)nc3n2c2ccccc12. The zero-order valence-corrected chi connectivity index (χ0v) is 18.6. The number of hydrogen-bond donors (Lipinski definition) is 0. The molecule has 7 aromatic rings. The number of rotatable bonds is 2. The topological polar surface area (TPSA) is 60.2 Å². The van der Waals surface area contributed by atoms with Crippen LogP contribution in [0.3, 0.4) is 0 Å². The van der Waals surface area contributed by atoms with Crippen LogP contribution in [0.2, 0.25) is 0 Å². The largest absolute Gasteiger partial charge is 0.281 e. The van der Waals surface area contributed by atoms with Crippen molar-refractivity contribution < 1.29 is 0 Å². The highest BCUT2D eigenvalue weighted by molar-refractivity contribution is 6.16. The minimum atomic E-state index is -0.245. The minimum absolute atomic E-state index is 0.245. The molecule has 5 heteroatoms. The molecule has 4 aromatic carbocycles. The van der Waals surface area contributed by atoms with E-state index in [0.29, 0.717) is 16.9 Å². The number of benzene rings is 4. The molecule has 7 rings (SSSR count). The van der Waals surface area contributed by atoms with Gasteiger partial charge in [0.25, 0.3) is 5.56 Å². The highest BCUT2D eigenvalue weighted by Crippen LogP contribution is 2.36. The van der Waals surface area contributed by atoms with E-state index in [4.69, 9.17) is 9.97 Å².